The summed E-state index contributed by atoms with van der Waals surface area (Å²) in [7, 11) is 1.77. The fourth-order valence-corrected chi connectivity index (χ4v) is 2.42. The van der Waals surface area contributed by atoms with E-state index in [4.69, 9.17) is 4.74 Å². The molecule has 1 aliphatic heterocycles. The van der Waals surface area contributed by atoms with Gasteiger partial charge in [-0.1, -0.05) is 30.3 Å². The molecule has 0 N–H and O–H groups in total. The van der Waals surface area contributed by atoms with Crippen LogP contribution in [0.4, 0.5) is 5.82 Å². The van der Waals surface area contributed by atoms with Crippen LogP contribution in [0.3, 0.4) is 0 Å². The predicted octanol–water partition coefficient (Wildman–Crippen LogP) is 2.37. The van der Waals surface area contributed by atoms with Crippen molar-refractivity contribution in [3.63, 3.8) is 0 Å². The van der Waals surface area contributed by atoms with E-state index in [1.807, 2.05) is 24.3 Å². The number of hydrogen-bond acceptors (Lipinski definition) is 4. The van der Waals surface area contributed by atoms with Crippen molar-refractivity contribution in [1.29, 1.82) is 0 Å². The van der Waals surface area contributed by atoms with Crippen molar-refractivity contribution < 1.29 is 4.74 Å². The quantitative estimate of drug-likeness (QED) is 0.844. The summed E-state index contributed by atoms with van der Waals surface area (Å²) in [6.45, 7) is 1.89. The monoisotopic (exact) mass is 255 g/mol. The molecule has 1 aromatic heterocycles. The second kappa shape index (κ2) is 5.36. The standard InChI is InChI=1S/C15H17N3O/c1-19-13-7-8-18(10-13)15-9-14(16-11-17-15)12-5-3-2-4-6-12/h2-6,9,11,13H,7-8,10H2,1H3. The SMILES string of the molecule is COC1CCN(c2cc(-c3ccccc3)ncn2)C1. The molecular weight excluding hydrogens is 238 g/mol. The third-order valence-electron chi connectivity index (χ3n) is 3.52. The van der Waals surface area contributed by atoms with Gasteiger partial charge in [0, 0.05) is 31.8 Å². The summed E-state index contributed by atoms with van der Waals surface area (Å²) in [5, 5.41) is 0. The average molecular weight is 255 g/mol. The number of methoxy groups -OCH3 is 1. The Kier molecular flexibility index (Phi) is 3.42. The van der Waals surface area contributed by atoms with Gasteiger partial charge in [-0.15, -0.1) is 0 Å². The first kappa shape index (κ1) is 12.1. The van der Waals surface area contributed by atoms with Crippen molar-refractivity contribution >= 4 is 5.82 Å². The smallest absolute Gasteiger partial charge is 0.132 e. The van der Waals surface area contributed by atoms with Gasteiger partial charge in [-0.3, -0.25) is 0 Å². The lowest BCUT2D eigenvalue weighted by molar-refractivity contribution is 0.121. The minimum atomic E-state index is 0.315. The molecule has 1 aromatic carbocycles. The molecule has 0 aliphatic carbocycles. The van der Waals surface area contributed by atoms with Crippen LogP contribution < -0.4 is 4.90 Å². The molecule has 0 bridgehead atoms. The highest BCUT2D eigenvalue weighted by Gasteiger charge is 2.23. The predicted molar refractivity (Wildman–Crippen MR) is 75.1 cm³/mol. The van der Waals surface area contributed by atoms with Gasteiger partial charge >= 0.3 is 0 Å². The highest BCUT2D eigenvalue weighted by molar-refractivity contribution is 5.62. The Morgan fingerprint density at radius 1 is 1.21 bits per heavy atom. The second-order valence-electron chi connectivity index (χ2n) is 4.72. The van der Waals surface area contributed by atoms with Crippen molar-refractivity contribution in [2.24, 2.45) is 0 Å². The normalized spacial score (nSPS) is 18.8. The van der Waals surface area contributed by atoms with Crippen molar-refractivity contribution in [2.75, 3.05) is 25.1 Å². The number of hydrogen-bond donors (Lipinski definition) is 0. The van der Waals surface area contributed by atoms with Gasteiger partial charge in [0.2, 0.25) is 0 Å². The fourth-order valence-electron chi connectivity index (χ4n) is 2.42. The van der Waals surface area contributed by atoms with Crippen molar-refractivity contribution in [1.82, 2.24) is 9.97 Å². The molecule has 98 valence electrons. The summed E-state index contributed by atoms with van der Waals surface area (Å²) in [5.74, 6) is 0.980. The van der Waals surface area contributed by atoms with Gasteiger partial charge in [-0.05, 0) is 6.42 Å². The Balaban J connectivity index is 1.85. The van der Waals surface area contributed by atoms with E-state index in [9.17, 15) is 0 Å². The lowest BCUT2D eigenvalue weighted by Gasteiger charge is -2.17. The number of anilines is 1. The first-order chi connectivity index (χ1) is 9.36. The maximum Gasteiger partial charge on any atom is 0.132 e. The van der Waals surface area contributed by atoms with E-state index < -0.39 is 0 Å². The topological polar surface area (TPSA) is 38.2 Å². The van der Waals surface area contributed by atoms with Gasteiger partial charge in [0.25, 0.3) is 0 Å². The molecule has 1 saturated heterocycles. The zero-order valence-electron chi connectivity index (χ0n) is 11.0. The summed E-state index contributed by atoms with van der Waals surface area (Å²) in [6, 6.07) is 12.2. The van der Waals surface area contributed by atoms with Crippen LogP contribution >= 0.6 is 0 Å². The van der Waals surface area contributed by atoms with E-state index >= 15 is 0 Å². The van der Waals surface area contributed by atoms with Crippen LogP contribution in [-0.2, 0) is 4.74 Å². The summed E-state index contributed by atoms with van der Waals surface area (Å²) in [5.41, 5.74) is 2.08. The minimum Gasteiger partial charge on any atom is -0.380 e. The first-order valence-electron chi connectivity index (χ1n) is 6.52. The van der Waals surface area contributed by atoms with E-state index in [0.717, 1.165) is 36.6 Å². The van der Waals surface area contributed by atoms with Gasteiger partial charge in [0.1, 0.15) is 12.1 Å². The summed E-state index contributed by atoms with van der Waals surface area (Å²) < 4.78 is 5.39. The molecule has 1 atom stereocenters. The van der Waals surface area contributed by atoms with E-state index in [2.05, 4.69) is 27.0 Å². The maximum atomic E-state index is 5.39. The van der Waals surface area contributed by atoms with Gasteiger partial charge in [-0.2, -0.15) is 0 Å². The van der Waals surface area contributed by atoms with Crippen LogP contribution in [-0.4, -0.2) is 36.3 Å². The molecule has 0 radical (unpaired) electrons. The lowest BCUT2D eigenvalue weighted by Crippen LogP contribution is -2.23. The Morgan fingerprint density at radius 3 is 2.79 bits per heavy atom. The first-order valence-corrected chi connectivity index (χ1v) is 6.52. The highest BCUT2D eigenvalue weighted by atomic mass is 16.5. The van der Waals surface area contributed by atoms with Crippen LogP contribution in [0.1, 0.15) is 6.42 Å². The molecule has 0 amide bonds. The second-order valence-corrected chi connectivity index (χ2v) is 4.72. The van der Waals surface area contributed by atoms with Gasteiger partial charge in [0.15, 0.2) is 0 Å². The molecule has 4 nitrogen and oxygen atoms in total. The van der Waals surface area contributed by atoms with Crippen LogP contribution in [0, 0.1) is 0 Å². The van der Waals surface area contributed by atoms with E-state index in [1.54, 1.807) is 13.4 Å². The molecule has 0 spiro atoms. The molecule has 1 fully saturated rings. The summed E-state index contributed by atoms with van der Waals surface area (Å²) in [6.07, 6.45) is 3.01. The Labute approximate surface area is 113 Å². The largest absolute Gasteiger partial charge is 0.380 e. The molecule has 0 saturated carbocycles. The maximum absolute atomic E-state index is 5.39. The van der Waals surface area contributed by atoms with Gasteiger partial charge in [0.05, 0.1) is 11.8 Å². The third kappa shape index (κ3) is 2.58. The van der Waals surface area contributed by atoms with Gasteiger partial charge in [-0.25, -0.2) is 9.97 Å². The van der Waals surface area contributed by atoms with Crippen molar-refractivity contribution in [3.05, 3.63) is 42.7 Å². The number of benzene rings is 1. The molecule has 3 rings (SSSR count). The van der Waals surface area contributed by atoms with Crippen LogP contribution in [0.2, 0.25) is 0 Å². The number of aromatic nitrogens is 2. The minimum absolute atomic E-state index is 0.315. The summed E-state index contributed by atoms with van der Waals surface area (Å²) in [4.78, 5) is 11.0. The van der Waals surface area contributed by atoms with E-state index in [-0.39, 0.29) is 0 Å². The van der Waals surface area contributed by atoms with E-state index in [0.29, 0.717) is 6.10 Å². The average Bonchev–Trinajstić information content (AvgIpc) is 2.97. The van der Waals surface area contributed by atoms with Crippen LogP contribution in [0.25, 0.3) is 11.3 Å². The number of rotatable bonds is 3. The van der Waals surface area contributed by atoms with Crippen LogP contribution in [0.5, 0.6) is 0 Å². The molecule has 19 heavy (non-hydrogen) atoms. The van der Waals surface area contributed by atoms with E-state index in [1.165, 1.54) is 0 Å². The lowest BCUT2D eigenvalue weighted by atomic mass is 10.1. The number of ether oxygens (including phenoxy) is 1. The van der Waals surface area contributed by atoms with Gasteiger partial charge < -0.3 is 9.64 Å². The third-order valence-corrected chi connectivity index (χ3v) is 3.52. The molecule has 1 aliphatic rings. The molecule has 1 unspecified atom stereocenters. The summed E-state index contributed by atoms with van der Waals surface area (Å²) >= 11 is 0. The highest BCUT2D eigenvalue weighted by Crippen LogP contribution is 2.23. The molecule has 4 heteroatoms. The van der Waals surface area contributed by atoms with Crippen molar-refractivity contribution in [3.8, 4) is 11.3 Å². The molecule has 2 heterocycles. The van der Waals surface area contributed by atoms with Crippen molar-refractivity contribution in [2.45, 2.75) is 12.5 Å². The molecule has 2 aromatic rings. The zero-order valence-corrected chi connectivity index (χ0v) is 11.0. The molecular formula is C15H17N3O. The fraction of sp³-hybridized carbons (Fsp3) is 0.333. The zero-order chi connectivity index (χ0) is 13.1. The Bertz CT molecular complexity index is 544. The Hall–Kier alpha value is -1.94. The Morgan fingerprint density at radius 2 is 2.05 bits per heavy atom. The van der Waals surface area contributed by atoms with Crippen LogP contribution in [0.15, 0.2) is 42.7 Å². The number of nitrogens with zero attached hydrogens (tertiary/aromatic N) is 3.